The van der Waals surface area contributed by atoms with Crippen molar-refractivity contribution in [2.45, 2.75) is 112 Å². The molecule has 0 aliphatic carbocycles. The second-order valence-electron chi connectivity index (χ2n) is 14.2. The summed E-state index contributed by atoms with van der Waals surface area (Å²) in [6, 6.07) is 0. The highest BCUT2D eigenvalue weighted by Crippen LogP contribution is 2.28. The van der Waals surface area contributed by atoms with E-state index in [1.54, 1.807) is 98.8 Å². The third-order valence-electron chi connectivity index (χ3n) is 10.0. The molecule has 1 rings (SSSR count). The Kier molecular flexibility index (Phi) is 20.1. The lowest BCUT2D eigenvalue weighted by atomic mass is 9.82. The van der Waals surface area contributed by atoms with Gasteiger partial charge in [0.05, 0.1) is 24.4 Å². The van der Waals surface area contributed by atoms with E-state index in [1.807, 2.05) is 6.92 Å². The third kappa shape index (κ3) is 15.0. The van der Waals surface area contributed by atoms with Gasteiger partial charge in [0.2, 0.25) is 0 Å². The van der Waals surface area contributed by atoms with Gasteiger partial charge in [0.25, 0.3) is 0 Å². The molecule has 0 aromatic rings. The van der Waals surface area contributed by atoms with Gasteiger partial charge >= 0.3 is 11.9 Å². The van der Waals surface area contributed by atoms with Crippen molar-refractivity contribution < 1.29 is 49.1 Å². The fraction of sp³-hybridized carbons (Fsp3) is 0.610. The average molecular weight is 715 g/mol. The van der Waals surface area contributed by atoms with E-state index in [9.17, 15) is 39.6 Å². The van der Waals surface area contributed by atoms with Crippen molar-refractivity contribution in [3.05, 3.63) is 72.9 Å². The topological polar surface area (TPSA) is 168 Å². The van der Waals surface area contributed by atoms with Gasteiger partial charge in [-0.1, -0.05) is 104 Å². The van der Waals surface area contributed by atoms with Crippen LogP contribution >= 0.6 is 0 Å². The number of aliphatic hydroxyl groups is 4. The van der Waals surface area contributed by atoms with Crippen LogP contribution in [0, 0.1) is 47.3 Å². The summed E-state index contributed by atoms with van der Waals surface area (Å²) in [7, 11) is 0. The van der Waals surface area contributed by atoms with Crippen molar-refractivity contribution in [3.63, 3.8) is 0 Å². The minimum atomic E-state index is -1.15. The summed E-state index contributed by atoms with van der Waals surface area (Å²) >= 11 is 0. The van der Waals surface area contributed by atoms with Crippen LogP contribution in [-0.4, -0.2) is 80.6 Å². The molecule has 0 radical (unpaired) electrons. The SMILES string of the molecule is CCC(C=CC(=O)C(C)C(O)C(C)C1OC(=O)C=CC=CC(C)C(C(C)C(O)C(C)C(=O)C=CC(C)C(C)O)OC(=O)C=CC=CC1C)C(C)O. The van der Waals surface area contributed by atoms with E-state index in [-0.39, 0.29) is 23.4 Å². The second-order valence-corrected chi connectivity index (χ2v) is 14.2. The molecule has 0 saturated carbocycles. The standard InChI is InChI=1S/C41H62O10/c1-11-33(32(10)43)21-23-35(45)28(6)39(49)30(8)41-26(4)17-13-15-18-36(46)50-40(25(3)16-12-14-19-37(47)51-41)29(7)38(48)27(5)34(44)22-20-24(2)31(9)42/h12-33,38-43,48-49H,11H2,1-10H3. The molecule has 0 amide bonds. The highest BCUT2D eigenvalue weighted by molar-refractivity contribution is 5.92. The van der Waals surface area contributed by atoms with Crippen LogP contribution in [0.3, 0.4) is 0 Å². The Labute approximate surface area is 304 Å². The van der Waals surface area contributed by atoms with Crippen molar-refractivity contribution in [1.82, 2.24) is 0 Å². The van der Waals surface area contributed by atoms with Crippen molar-refractivity contribution in [2.75, 3.05) is 0 Å². The first-order chi connectivity index (χ1) is 23.8. The summed E-state index contributed by atoms with van der Waals surface area (Å²) in [5, 5.41) is 42.0. The molecule has 0 aromatic carbocycles. The van der Waals surface area contributed by atoms with E-state index < -0.39 is 84.1 Å². The summed E-state index contributed by atoms with van der Waals surface area (Å²) in [6.45, 7) is 17.2. The van der Waals surface area contributed by atoms with Gasteiger partial charge in [-0.15, -0.1) is 0 Å². The summed E-state index contributed by atoms with van der Waals surface area (Å²) < 4.78 is 11.6. The predicted molar refractivity (Wildman–Crippen MR) is 198 cm³/mol. The van der Waals surface area contributed by atoms with Gasteiger partial charge < -0.3 is 29.9 Å². The molecule has 14 atom stereocenters. The van der Waals surface area contributed by atoms with Gasteiger partial charge in [-0.3, -0.25) is 9.59 Å². The smallest absolute Gasteiger partial charge is 0.331 e. The zero-order valence-electron chi connectivity index (χ0n) is 32.0. The van der Waals surface area contributed by atoms with E-state index in [1.165, 1.54) is 36.5 Å². The molecule has 1 aliphatic rings. The number of aliphatic hydroxyl groups excluding tert-OH is 4. The average Bonchev–Trinajstić information content (AvgIpc) is 3.09. The number of hydrogen-bond donors (Lipinski definition) is 4. The fourth-order valence-electron chi connectivity index (χ4n) is 5.90. The Hall–Kier alpha value is -3.44. The van der Waals surface area contributed by atoms with Crippen LogP contribution < -0.4 is 0 Å². The highest BCUT2D eigenvalue weighted by Gasteiger charge is 2.37. The maximum absolute atomic E-state index is 13.0. The van der Waals surface area contributed by atoms with E-state index in [0.29, 0.717) is 6.42 Å². The molecule has 1 aliphatic heterocycles. The van der Waals surface area contributed by atoms with Crippen molar-refractivity contribution >= 4 is 23.5 Å². The number of carbonyl (C=O) groups excluding carboxylic acids is 4. The number of ether oxygens (including phenoxy) is 2. The van der Waals surface area contributed by atoms with Gasteiger partial charge in [-0.2, -0.15) is 0 Å². The number of allylic oxidation sites excluding steroid dienone is 6. The van der Waals surface area contributed by atoms with Crippen LogP contribution in [-0.2, 0) is 28.7 Å². The molecule has 0 saturated heterocycles. The first kappa shape index (κ1) is 45.6. The summed E-state index contributed by atoms with van der Waals surface area (Å²) in [4.78, 5) is 51.7. The van der Waals surface area contributed by atoms with E-state index >= 15 is 0 Å². The molecule has 0 aromatic heterocycles. The lowest BCUT2D eigenvalue weighted by molar-refractivity contribution is -0.152. The Morgan fingerprint density at radius 3 is 1.41 bits per heavy atom. The molecule has 1 heterocycles. The summed E-state index contributed by atoms with van der Waals surface area (Å²) in [5.74, 6) is -6.17. The number of rotatable bonds is 15. The van der Waals surface area contributed by atoms with Gasteiger partial charge in [0.15, 0.2) is 11.6 Å². The maximum atomic E-state index is 13.0. The van der Waals surface area contributed by atoms with Crippen LogP contribution in [0.1, 0.15) is 75.7 Å². The zero-order valence-corrected chi connectivity index (χ0v) is 32.0. The molecule has 10 nitrogen and oxygen atoms in total. The number of ketones is 2. The number of esters is 2. The summed E-state index contributed by atoms with van der Waals surface area (Å²) in [6.07, 6.45) is 13.5. The first-order valence-electron chi connectivity index (χ1n) is 18.1. The normalized spacial score (nSPS) is 26.8. The van der Waals surface area contributed by atoms with Gasteiger partial charge in [-0.25, -0.2) is 9.59 Å². The lowest BCUT2D eigenvalue weighted by Crippen LogP contribution is -2.41. The van der Waals surface area contributed by atoms with Crippen LogP contribution in [0.5, 0.6) is 0 Å². The Morgan fingerprint density at radius 2 is 1.06 bits per heavy atom. The van der Waals surface area contributed by atoms with Gasteiger partial charge in [-0.05, 0) is 32.4 Å². The van der Waals surface area contributed by atoms with Crippen LogP contribution in [0.4, 0.5) is 0 Å². The highest BCUT2D eigenvalue weighted by atomic mass is 16.5. The van der Waals surface area contributed by atoms with Crippen molar-refractivity contribution in [3.8, 4) is 0 Å². The molecule has 14 unspecified atom stereocenters. The Morgan fingerprint density at radius 1 is 0.667 bits per heavy atom. The number of cyclic esters (lactones) is 2. The minimum Gasteiger partial charge on any atom is -0.458 e. The maximum Gasteiger partial charge on any atom is 0.331 e. The number of carbonyl (C=O) groups is 4. The van der Waals surface area contributed by atoms with Crippen LogP contribution in [0.2, 0.25) is 0 Å². The molecular formula is C41H62O10. The molecule has 10 heteroatoms. The first-order valence-corrected chi connectivity index (χ1v) is 18.1. The monoisotopic (exact) mass is 714 g/mol. The number of hydrogen-bond acceptors (Lipinski definition) is 10. The fourth-order valence-corrected chi connectivity index (χ4v) is 5.90. The molecular weight excluding hydrogens is 652 g/mol. The molecule has 0 bridgehead atoms. The van der Waals surface area contributed by atoms with E-state index in [4.69, 9.17) is 9.47 Å². The molecule has 51 heavy (non-hydrogen) atoms. The van der Waals surface area contributed by atoms with Gasteiger partial charge in [0.1, 0.15) is 12.2 Å². The zero-order chi connectivity index (χ0) is 39.0. The van der Waals surface area contributed by atoms with Crippen molar-refractivity contribution in [1.29, 1.82) is 0 Å². The Balaban J connectivity index is 3.25. The third-order valence-corrected chi connectivity index (χ3v) is 10.0. The largest absolute Gasteiger partial charge is 0.458 e. The van der Waals surface area contributed by atoms with E-state index in [0.717, 1.165) is 0 Å². The van der Waals surface area contributed by atoms with Crippen LogP contribution in [0.15, 0.2) is 72.9 Å². The van der Waals surface area contributed by atoms with Crippen molar-refractivity contribution in [2.24, 2.45) is 47.3 Å². The summed E-state index contributed by atoms with van der Waals surface area (Å²) in [5.41, 5.74) is 0. The Bertz CT molecular complexity index is 1310. The quantitative estimate of drug-likeness (QED) is 0.130. The second kappa shape index (κ2) is 22.5. The lowest BCUT2D eigenvalue weighted by Gasteiger charge is -2.33. The van der Waals surface area contributed by atoms with Gasteiger partial charge in [0, 0.05) is 59.5 Å². The predicted octanol–water partition coefficient (Wildman–Crippen LogP) is 5.26. The molecule has 4 N–H and O–H groups in total. The minimum absolute atomic E-state index is 0.191. The van der Waals surface area contributed by atoms with E-state index in [2.05, 4.69) is 0 Å². The van der Waals surface area contributed by atoms with Crippen LogP contribution in [0.25, 0.3) is 0 Å². The molecule has 0 fully saturated rings. The molecule has 286 valence electrons. The molecule has 0 spiro atoms.